The number of aliphatic hydroxyl groups excluding tert-OH is 1. The topological polar surface area (TPSA) is 29.5 Å². The van der Waals surface area contributed by atoms with Gasteiger partial charge in [-0.3, -0.25) is 0 Å². The van der Waals surface area contributed by atoms with Gasteiger partial charge in [0, 0.05) is 6.61 Å². The summed E-state index contributed by atoms with van der Waals surface area (Å²) in [5.41, 5.74) is 0. The van der Waals surface area contributed by atoms with E-state index in [0.29, 0.717) is 0 Å². The fourth-order valence-electron chi connectivity index (χ4n) is 0.649. The molecule has 0 saturated heterocycles. The van der Waals surface area contributed by atoms with Crippen LogP contribution in [0.3, 0.4) is 0 Å². The number of hydrogen-bond donors (Lipinski definition) is 1. The van der Waals surface area contributed by atoms with Gasteiger partial charge in [0.2, 0.25) is 0 Å². The van der Waals surface area contributed by atoms with Gasteiger partial charge in [0.15, 0.2) is 0 Å². The lowest BCUT2D eigenvalue weighted by Gasteiger charge is -2.02. The lowest BCUT2D eigenvalue weighted by Crippen LogP contribution is -1.96. The molecule has 0 aromatic heterocycles. The summed E-state index contributed by atoms with van der Waals surface area (Å²) in [7, 11) is 0. The van der Waals surface area contributed by atoms with E-state index in [1.807, 2.05) is 11.8 Å². The Bertz CT molecular complexity index is 71.5. The molecule has 0 aliphatic heterocycles. The molecule has 1 N–H and O–H groups in total. The highest BCUT2D eigenvalue weighted by atomic mass is 32.2. The molecule has 0 unspecified atom stereocenters. The number of thioether (sulfide) groups is 2. The smallest absolute Gasteiger partial charge is 0.0920 e. The second kappa shape index (κ2) is 11.6. The zero-order chi connectivity index (χ0) is 9.07. The average Bonchev–Trinajstić information content (AvgIpc) is 2.10. The summed E-state index contributed by atoms with van der Waals surface area (Å²) < 4.78 is 5.35. The second-order valence-electron chi connectivity index (χ2n) is 2.33. The Kier molecular flexibility index (Phi) is 12.2. The zero-order valence-electron chi connectivity index (χ0n) is 7.62. The summed E-state index contributed by atoms with van der Waals surface area (Å²) in [6.07, 6.45) is 2.26. The molecule has 0 fully saturated rings. The van der Waals surface area contributed by atoms with Crippen molar-refractivity contribution < 1.29 is 9.84 Å². The van der Waals surface area contributed by atoms with Crippen molar-refractivity contribution in [1.29, 1.82) is 0 Å². The van der Waals surface area contributed by atoms with Gasteiger partial charge in [0.1, 0.15) is 0 Å². The van der Waals surface area contributed by atoms with E-state index >= 15 is 0 Å². The number of rotatable bonds is 9. The molecule has 0 atom stereocenters. The Hall–Kier alpha value is 0.620. The minimum Gasteiger partial charge on any atom is -0.386 e. The maximum absolute atomic E-state index is 8.46. The van der Waals surface area contributed by atoms with Crippen molar-refractivity contribution in [3.8, 4) is 0 Å². The first-order valence-corrected chi connectivity index (χ1v) is 6.56. The van der Waals surface area contributed by atoms with Crippen LogP contribution in [0.1, 0.15) is 19.8 Å². The van der Waals surface area contributed by atoms with Crippen LogP contribution in [-0.4, -0.2) is 35.1 Å². The van der Waals surface area contributed by atoms with Gasteiger partial charge >= 0.3 is 0 Å². The average molecular weight is 210 g/mol. The van der Waals surface area contributed by atoms with Gasteiger partial charge < -0.3 is 9.84 Å². The third-order valence-electron chi connectivity index (χ3n) is 1.18. The van der Waals surface area contributed by atoms with Crippen LogP contribution in [0, 0.1) is 0 Å². The van der Waals surface area contributed by atoms with E-state index in [1.54, 1.807) is 11.8 Å². The summed E-state index contributed by atoms with van der Waals surface area (Å²) >= 11 is 3.38. The molecule has 0 aliphatic rings. The lowest BCUT2D eigenvalue weighted by molar-refractivity contribution is 0.184. The Morgan fingerprint density at radius 3 is 2.75 bits per heavy atom. The first-order valence-electron chi connectivity index (χ1n) is 4.26. The number of aliphatic hydroxyl groups is 1. The molecule has 0 aromatic carbocycles. The molecule has 0 radical (unpaired) electrons. The monoisotopic (exact) mass is 210 g/mol. The van der Waals surface area contributed by atoms with E-state index in [-0.39, 0.29) is 5.94 Å². The van der Waals surface area contributed by atoms with Crippen molar-refractivity contribution in [1.82, 2.24) is 0 Å². The van der Waals surface area contributed by atoms with Crippen LogP contribution < -0.4 is 0 Å². The molecular formula is C8H18O2S2. The van der Waals surface area contributed by atoms with E-state index in [4.69, 9.17) is 9.84 Å². The van der Waals surface area contributed by atoms with E-state index in [1.165, 1.54) is 12.2 Å². The molecule has 0 spiro atoms. The van der Waals surface area contributed by atoms with Gasteiger partial charge in [0.25, 0.3) is 0 Å². The van der Waals surface area contributed by atoms with Crippen molar-refractivity contribution in [3.63, 3.8) is 0 Å². The molecule has 0 amide bonds. The summed E-state index contributed by atoms with van der Waals surface area (Å²) in [4.78, 5) is 0. The van der Waals surface area contributed by atoms with Crippen LogP contribution in [0.15, 0.2) is 0 Å². The van der Waals surface area contributed by atoms with Crippen LogP contribution in [0.4, 0.5) is 0 Å². The van der Waals surface area contributed by atoms with E-state index in [0.717, 1.165) is 24.7 Å². The normalized spacial score (nSPS) is 10.5. The minimum absolute atomic E-state index is 0.227. The molecule has 0 heterocycles. The molecule has 2 nitrogen and oxygen atoms in total. The van der Waals surface area contributed by atoms with Gasteiger partial charge in [0.05, 0.1) is 11.9 Å². The van der Waals surface area contributed by atoms with Crippen molar-refractivity contribution in [2.45, 2.75) is 19.8 Å². The summed E-state index contributed by atoms with van der Waals surface area (Å²) in [5.74, 6) is 3.22. The van der Waals surface area contributed by atoms with Crippen LogP contribution in [0.25, 0.3) is 0 Å². The SMILES string of the molecule is CCCSCOCCCSCO. The highest BCUT2D eigenvalue weighted by Crippen LogP contribution is 2.04. The summed E-state index contributed by atoms with van der Waals surface area (Å²) in [6.45, 7) is 2.99. The highest BCUT2D eigenvalue weighted by molar-refractivity contribution is 7.99. The Morgan fingerprint density at radius 1 is 1.25 bits per heavy atom. The van der Waals surface area contributed by atoms with Gasteiger partial charge in [-0.1, -0.05) is 6.92 Å². The van der Waals surface area contributed by atoms with Crippen molar-refractivity contribution in [3.05, 3.63) is 0 Å². The first kappa shape index (κ1) is 12.6. The van der Waals surface area contributed by atoms with Gasteiger partial charge in [-0.05, 0) is 24.3 Å². The third kappa shape index (κ3) is 10.6. The molecule has 0 rings (SSSR count). The van der Waals surface area contributed by atoms with Crippen LogP contribution in [0.5, 0.6) is 0 Å². The highest BCUT2D eigenvalue weighted by Gasteiger charge is 1.89. The van der Waals surface area contributed by atoms with E-state index < -0.39 is 0 Å². The van der Waals surface area contributed by atoms with Crippen LogP contribution in [0.2, 0.25) is 0 Å². The Morgan fingerprint density at radius 2 is 2.08 bits per heavy atom. The fourth-order valence-corrected chi connectivity index (χ4v) is 1.74. The standard InChI is InChI=1S/C8H18O2S2/c1-2-5-12-8-10-4-3-6-11-7-9/h9H,2-8H2,1H3. The first-order chi connectivity index (χ1) is 5.91. The Labute approximate surface area is 83.4 Å². The second-order valence-corrected chi connectivity index (χ2v) is 4.45. The maximum Gasteiger partial charge on any atom is 0.0920 e. The molecule has 0 aromatic rings. The van der Waals surface area contributed by atoms with Crippen molar-refractivity contribution >= 4 is 23.5 Å². The molecule has 0 bridgehead atoms. The van der Waals surface area contributed by atoms with E-state index in [9.17, 15) is 0 Å². The maximum atomic E-state index is 8.46. The van der Waals surface area contributed by atoms with Crippen molar-refractivity contribution in [2.24, 2.45) is 0 Å². The summed E-state index contributed by atoms with van der Waals surface area (Å²) in [6, 6.07) is 0. The number of hydrogen-bond acceptors (Lipinski definition) is 4. The predicted molar refractivity (Wildman–Crippen MR) is 57.7 cm³/mol. The predicted octanol–water partition coefficient (Wildman–Crippen LogP) is 2.18. The number of ether oxygens (including phenoxy) is 1. The largest absolute Gasteiger partial charge is 0.386 e. The van der Waals surface area contributed by atoms with E-state index in [2.05, 4.69) is 6.92 Å². The van der Waals surface area contributed by atoms with Gasteiger partial charge in [-0.15, -0.1) is 23.5 Å². The molecule has 12 heavy (non-hydrogen) atoms. The lowest BCUT2D eigenvalue weighted by atomic mass is 10.5. The quantitative estimate of drug-likeness (QED) is 0.466. The Balaban J connectivity index is 2.73. The molecule has 4 heteroatoms. The fraction of sp³-hybridized carbons (Fsp3) is 1.00. The van der Waals surface area contributed by atoms with Crippen LogP contribution in [-0.2, 0) is 4.74 Å². The molecular weight excluding hydrogens is 192 g/mol. The third-order valence-corrected chi connectivity index (χ3v) is 2.97. The molecule has 0 saturated carbocycles. The zero-order valence-corrected chi connectivity index (χ0v) is 9.25. The minimum atomic E-state index is 0.227. The summed E-state index contributed by atoms with van der Waals surface area (Å²) in [5, 5.41) is 8.46. The van der Waals surface area contributed by atoms with Crippen molar-refractivity contribution in [2.75, 3.05) is 30.0 Å². The van der Waals surface area contributed by atoms with Gasteiger partial charge in [-0.2, -0.15) is 0 Å². The molecule has 74 valence electrons. The van der Waals surface area contributed by atoms with Gasteiger partial charge in [-0.25, -0.2) is 0 Å². The molecule has 0 aliphatic carbocycles. The van der Waals surface area contributed by atoms with Crippen LogP contribution >= 0.6 is 23.5 Å².